The van der Waals surface area contributed by atoms with Crippen molar-refractivity contribution in [2.45, 2.75) is 44.4 Å². The van der Waals surface area contributed by atoms with Crippen molar-refractivity contribution >= 4 is 23.7 Å². The van der Waals surface area contributed by atoms with Gasteiger partial charge in [-0.3, -0.25) is 14.5 Å². The van der Waals surface area contributed by atoms with Crippen LogP contribution in [0, 0.1) is 11.7 Å². The predicted molar refractivity (Wildman–Crippen MR) is 110 cm³/mol. The molecule has 1 fully saturated rings. The predicted octanol–water partition coefficient (Wildman–Crippen LogP) is 3.78. The Morgan fingerprint density at radius 1 is 1.06 bits per heavy atom. The number of hydrogen-bond donors (Lipinski definition) is 2. The summed E-state index contributed by atoms with van der Waals surface area (Å²) < 4.78 is 18.6. The van der Waals surface area contributed by atoms with E-state index in [1.807, 2.05) is 24.3 Å². The van der Waals surface area contributed by atoms with Crippen LogP contribution in [0.3, 0.4) is 0 Å². The molecule has 2 aromatic rings. The molecule has 1 aliphatic carbocycles. The monoisotopic (exact) mass is 426 g/mol. The van der Waals surface area contributed by atoms with Crippen LogP contribution in [-0.4, -0.2) is 29.1 Å². The van der Waals surface area contributed by atoms with Crippen LogP contribution in [0.2, 0.25) is 0 Å². The van der Waals surface area contributed by atoms with E-state index in [1.165, 1.54) is 12.1 Å². The van der Waals surface area contributed by atoms with Gasteiger partial charge < -0.3 is 15.2 Å². The molecule has 31 heavy (non-hydrogen) atoms. The molecule has 1 aliphatic heterocycles. The van der Waals surface area contributed by atoms with Gasteiger partial charge in [-0.15, -0.1) is 0 Å². The lowest BCUT2D eigenvalue weighted by molar-refractivity contribution is -0.139. The van der Waals surface area contributed by atoms with Gasteiger partial charge in [0, 0.05) is 18.4 Å². The van der Waals surface area contributed by atoms with Crippen molar-refractivity contribution in [3.05, 3.63) is 65.5 Å². The number of nitrogens with zero attached hydrogens (tertiary/aromatic N) is 1. The van der Waals surface area contributed by atoms with Crippen LogP contribution < -0.4 is 10.2 Å². The number of carbonyl (C=O) groups excluding carboxylic acids is 2. The van der Waals surface area contributed by atoms with Crippen LogP contribution >= 0.6 is 0 Å². The van der Waals surface area contributed by atoms with Crippen molar-refractivity contribution in [2.24, 2.45) is 5.92 Å². The van der Waals surface area contributed by atoms with Crippen molar-refractivity contribution in [1.82, 2.24) is 5.32 Å². The third-order valence-corrected chi connectivity index (χ3v) is 5.94. The van der Waals surface area contributed by atoms with Gasteiger partial charge in [0.1, 0.15) is 12.4 Å². The second-order valence-corrected chi connectivity index (χ2v) is 7.86. The smallest absolute Gasteiger partial charge is 0.414 e. The average Bonchev–Trinajstić information content (AvgIpc) is 2.73. The van der Waals surface area contributed by atoms with E-state index in [4.69, 9.17) is 9.84 Å². The number of benzene rings is 2. The third kappa shape index (κ3) is 4.38. The molecule has 2 N–H and O–H groups in total. The number of carbonyl (C=O) groups is 3. The molecule has 2 amide bonds. The maximum atomic E-state index is 13.1. The number of aliphatic carboxylic acids is 1. The second kappa shape index (κ2) is 8.75. The number of carboxylic acids is 1. The topological polar surface area (TPSA) is 95.9 Å². The van der Waals surface area contributed by atoms with Crippen LogP contribution in [0.25, 0.3) is 0 Å². The van der Waals surface area contributed by atoms with Gasteiger partial charge in [0.05, 0.1) is 18.2 Å². The minimum Gasteiger partial charge on any atom is -0.481 e. The van der Waals surface area contributed by atoms with Crippen LogP contribution in [-0.2, 0) is 20.9 Å². The van der Waals surface area contributed by atoms with E-state index in [2.05, 4.69) is 5.32 Å². The Morgan fingerprint density at radius 2 is 1.81 bits per heavy atom. The number of para-hydroxylation sites is 1. The van der Waals surface area contributed by atoms with Gasteiger partial charge in [0.2, 0.25) is 5.91 Å². The Balaban J connectivity index is 1.51. The molecule has 2 aliphatic rings. The number of anilines is 1. The molecule has 7 nitrogen and oxygen atoms in total. The van der Waals surface area contributed by atoms with E-state index >= 15 is 0 Å². The minimum absolute atomic E-state index is 0.0297. The lowest BCUT2D eigenvalue weighted by Gasteiger charge is -2.52. The fourth-order valence-electron chi connectivity index (χ4n) is 4.28. The van der Waals surface area contributed by atoms with Gasteiger partial charge in [-0.05, 0) is 42.2 Å². The number of halogens is 1. The summed E-state index contributed by atoms with van der Waals surface area (Å²) in [6.45, 7) is 0.0323. The van der Waals surface area contributed by atoms with Crippen molar-refractivity contribution in [1.29, 1.82) is 0 Å². The first kappa shape index (κ1) is 20.8. The number of ether oxygens (including phenoxy) is 1. The fourth-order valence-corrected chi connectivity index (χ4v) is 4.28. The van der Waals surface area contributed by atoms with Crippen LogP contribution in [0.5, 0.6) is 0 Å². The molecule has 3 atom stereocenters. The van der Waals surface area contributed by atoms with E-state index in [9.17, 15) is 18.8 Å². The van der Waals surface area contributed by atoms with E-state index < -0.39 is 12.1 Å². The molecule has 0 aromatic heterocycles. The summed E-state index contributed by atoms with van der Waals surface area (Å²) in [4.78, 5) is 37.7. The molecule has 3 unspecified atom stereocenters. The molecule has 0 radical (unpaired) electrons. The van der Waals surface area contributed by atoms with Crippen molar-refractivity contribution in [3.8, 4) is 0 Å². The highest BCUT2D eigenvalue weighted by Crippen LogP contribution is 2.49. The zero-order valence-electron chi connectivity index (χ0n) is 16.8. The van der Waals surface area contributed by atoms with Crippen LogP contribution in [0.1, 0.15) is 42.9 Å². The molecule has 8 heteroatoms. The number of amides is 2. The highest BCUT2D eigenvalue weighted by molar-refractivity contribution is 5.91. The molecule has 1 saturated carbocycles. The molecule has 1 heterocycles. The Labute approximate surface area is 178 Å². The SMILES string of the molecule is O=C(O)CCC(=O)NC1c2ccccc2N(C(=O)OCc2ccc(F)cc2)C2CCC12. The van der Waals surface area contributed by atoms with Gasteiger partial charge in [0.15, 0.2) is 0 Å². The van der Waals surface area contributed by atoms with Crippen LogP contribution in [0.15, 0.2) is 48.5 Å². The molecular weight excluding hydrogens is 403 g/mol. The highest BCUT2D eigenvalue weighted by atomic mass is 19.1. The van der Waals surface area contributed by atoms with E-state index in [1.54, 1.807) is 17.0 Å². The molecule has 0 spiro atoms. The average molecular weight is 426 g/mol. The van der Waals surface area contributed by atoms with Crippen molar-refractivity contribution in [2.75, 3.05) is 4.90 Å². The van der Waals surface area contributed by atoms with Gasteiger partial charge >= 0.3 is 12.1 Å². The first-order valence-electron chi connectivity index (χ1n) is 10.2. The Morgan fingerprint density at radius 3 is 2.48 bits per heavy atom. The standard InChI is InChI=1S/C23H23FN2O5/c24-15-7-5-14(6-8-15)13-31-23(30)26-18-4-2-1-3-16(18)22(17-9-10-19(17)26)25-20(27)11-12-21(28)29/h1-8,17,19,22H,9-13H2,(H,25,27)(H,28,29). The molecular formula is C23H23FN2O5. The zero-order chi connectivity index (χ0) is 22.0. The summed E-state index contributed by atoms with van der Waals surface area (Å²) >= 11 is 0. The van der Waals surface area contributed by atoms with Crippen molar-refractivity contribution in [3.63, 3.8) is 0 Å². The Hall–Kier alpha value is -3.42. The number of rotatable bonds is 6. The summed E-state index contributed by atoms with van der Waals surface area (Å²) in [5.41, 5.74) is 2.18. The zero-order valence-corrected chi connectivity index (χ0v) is 16.8. The van der Waals surface area contributed by atoms with Crippen molar-refractivity contribution < 1.29 is 28.6 Å². The molecule has 0 saturated heterocycles. The summed E-state index contributed by atoms with van der Waals surface area (Å²) in [6.07, 6.45) is 0.823. The first-order valence-corrected chi connectivity index (χ1v) is 10.2. The van der Waals surface area contributed by atoms with Crippen LogP contribution in [0.4, 0.5) is 14.9 Å². The largest absolute Gasteiger partial charge is 0.481 e. The van der Waals surface area contributed by atoms with E-state index in [0.29, 0.717) is 11.3 Å². The second-order valence-electron chi connectivity index (χ2n) is 7.86. The van der Waals surface area contributed by atoms with Gasteiger partial charge in [-0.1, -0.05) is 30.3 Å². The lowest BCUT2D eigenvalue weighted by atomic mass is 9.68. The van der Waals surface area contributed by atoms with Gasteiger partial charge in [-0.25, -0.2) is 9.18 Å². The molecule has 4 rings (SSSR count). The maximum absolute atomic E-state index is 13.1. The summed E-state index contributed by atoms with van der Waals surface area (Å²) in [7, 11) is 0. The summed E-state index contributed by atoms with van der Waals surface area (Å²) in [5.74, 6) is -1.66. The molecule has 2 aromatic carbocycles. The van der Waals surface area contributed by atoms with E-state index in [-0.39, 0.29) is 49.2 Å². The molecule has 0 bridgehead atoms. The summed E-state index contributed by atoms with van der Waals surface area (Å²) in [6, 6.07) is 12.7. The lowest BCUT2D eigenvalue weighted by Crippen LogP contribution is -2.58. The summed E-state index contributed by atoms with van der Waals surface area (Å²) in [5, 5.41) is 11.8. The Bertz CT molecular complexity index is 994. The van der Waals surface area contributed by atoms with Gasteiger partial charge in [0.25, 0.3) is 0 Å². The normalized spacial score (nSPS) is 21.3. The number of carboxylic acid groups (broad SMARTS) is 1. The first-order chi connectivity index (χ1) is 14.9. The highest BCUT2D eigenvalue weighted by Gasteiger charge is 2.49. The fraction of sp³-hybridized carbons (Fsp3) is 0.348. The third-order valence-electron chi connectivity index (χ3n) is 5.94. The number of nitrogens with one attached hydrogen (secondary N) is 1. The quantitative estimate of drug-likeness (QED) is 0.733. The molecule has 162 valence electrons. The number of hydrogen-bond acceptors (Lipinski definition) is 4. The number of fused-ring (bicyclic) bond motifs is 2. The van der Waals surface area contributed by atoms with E-state index in [0.717, 1.165) is 18.4 Å². The Kier molecular flexibility index (Phi) is 5.88. The minimum atomic E-state index is -1.02. The maximum Gasteiger partial charge on any atom is 0.414 e. The van der Waals surface area contributed by atoms with Gasteiger partial charge in [-0.2, -0.15) is 0 Å².